The quantitative estimate of drug-likeness (QED) is 0.912. The Morgan fingerprint density at radius 1 is 1.25 bits per heavy atom. The van der Waals surface area contributed by atoms with Crippen molar-refractivity contribution in [3.8, 4) is 0 Å². The summed E-state index contributed by atoms with van der Waals surface area (Å²) in [5, 5.41) is 0. The molecule has 20 heavy (non-hydrogen) atoms. The van der Waals surface area contributed by atoms with Gasteiger partial charge in [-0.2, -0.15) is 4.31 Å². The molecule has 1 heterocycles. The number of halogens is 1. The van der Waals surface area contributed by atoms with Gasteiger partial charge in [0.05, 0.1) is 0 Å². The first-order chi connectivity index (χ1) is 9.43. The predicted molar refractivity (Wildman–Crippen MR) is 81.4 cm³/mol. The maximum atomic E-state index is 12.5. The van der Waals surface area contributed by atoms with Crippen LogP contribution in [0, 0.1) is 0 Å². The van der Waals surface area contributed by atoms with Crippen LogP contribution in [0.15, 0.2) is 52.0 Å². The van der Waals surface area contributed by atoms with Gasteiger partial charge in [0.25, 0.3) is 0 Å². The molecule has 0 spiro atoms. The molecule has 0 bridgehead atoms. The largest absolute Gasteiger partial charge is 0.383 e. The molecule has 2 aromatic rings. The second-order valence-corrected chi connectivity index (χ2v) is 7.11. The monoisotopic (exact) mass is 355 g/mol. The smallest absolute Gasteiger partial charge is 0.246 e. The van der Waals surface area contributed by atoms with Gasteiger partial charge in [0.15, 0.2) is 0 Å². The average Bonchev–Trinajstić information content (AvgIpc) is 2.41. The Labute approximate surface area is 126 Å². The minimum atomic E-state index is -3.66. The third kappa shape index (κ3) is 3.00. The van der Waals surface area contributed by atoms with Crippen LogP contribution in [0.3, 0.4) is 0 Å². The Balaban J connectivity index is 2.31. The molecule has 0 atom stereocenters. The number of nitrogen functional groups attached to an aromatic ring is 1. The van der Waals surface area contributed by atoms with Crippen LogP contribution in [0.1, 0.15) is 5.56 Å². The predicted octanol–water partition coefficient (Wildman–Crippen LogP) is 2.25. The third-order valence-electron chi connectivity index (χ3n) is 2.84. The highest BCUT2D eigenvalue weighted by Crippen LogP contribution is 2.23. The third-order valence-corrected chi connectivity index (χ3v) is 5.46. The normalized spacial score (nSPS) is 11.8. The van der Waals surface area contributed by atoms with E-state index in [0.29, 0.717) is 0 Å². The molecule has 0 fully saturated rings. The van der Waals surface area contributed by atoms with Crippen molar-refractivity contribution in [3.05, 3.63) is 52.6 Å². The number of sulfonamides is 1. The van der Waals surface area contributed by atoms with Crippen LogP contribution in [0.5, 0.6) is 0 Å². The van der Waals surface area contributed by atoms with Gasteiger partial charge in [-0.3, -0.25) is 0 Å². The van der Waals surface area contributed by atoms with Gasteiger partial charge < -0.3 is 5.73 Å². The highest BCUT2D eigenvalue weighted by atomic mass is 79.9. The maximum Gasteiger partial charge on any atom is 0.246 e. The second-order valence-electron chi connectivity index (χ2n) is 4.24. The van der Waals surface area contributed by atoms with E-state index in [1.54, 1.807) is 6.07 Å². The van der Waals surface area contributed by atoms with Gasteiger partial charge in [-0.15, -0.1) is 0 Å². The minimum Gasteiger partial charge on any atom is -0.383 e. The van der Waals surface area contributed by atoms with Gasteiger partial charge in [0.1, 0.15) is 10.7 Å². The molecule has 1 aromatic heterocycles. The van der Waals surface area contributed by atoms with Crippen LogP contribution in [0.25, 0.3) is 0 Å². The molecule has 5 nitrogen and oxygen atoms in total. The lowest BCUT2D eigenvalue weighted by Crippen LogP contribution is -2.27. The number of anilines is 1. The van der Waals surface area contributed by atoms with E-state index in [-0.39, 0.29) is 17.3 Å². The van der Waals surface area contributed by atoms with Crippen molar-refractivity contribution in [3.63, 3.8) is 0 Å². The zero-order valence-corrected chi connectivity index (χ0v) is 13.2. The van der Waals surface area contributed by atoms with Crippen molar-refractivity contribution >= 4 is 31.8 Å². The molecule has 1 aromatic carbocycles. The molecule has 0 aliphatic carbocycles. The molecule has 2 rings (SSSR count). The summed E-state index contributed by atoms with van der Waals surface area (Å²) in [5.41, 5.74) is 6.52. The van der Waals surface area contributed by atoms with Crippen LogP contribution in [-0.2, 0) is 16.6 Å². The molecule has 106 valence electrons. The van der Waals surface area contributed by atoms with E-state index in [4.69, 9.17) is 5.73 Å². The molecule has 0 unspecified atom stereocenters. The van der Waals surface area contributed by atoms with Crippen molar-refractivity contribution in [1.82, 2.24) is 9.29 Å². The molecule has 0 saturated carbocycles. The number of nitrogens with two attached hydrogens (primary N) is 1. The van der Waals surface area contributed by atoms with Gasteiger partial charge in [0, 0.05) is 24.3 Å². The number of hydrogen-bond acceptors (Lipinski definition) is 4. The molecular weight excluding hydrogens is 342 g/mol. The van der Waals surface area contributed by atoms with E-state index < -0.39 is 10.0 Å². The van der Waals surface area contributed by atoms with E-state index >= 15 is 0 Å². The van der Waals surface area contributed by atoms with Gasteiger partial charge in [-0.25, -0.2) is 13.4 Å². The molecule has 0 amide bonds. The van der Waals surface area contributed by atoms with Crippen molar-refractivity contribution in [2.24, 2.45) is 0 Å². The lowest BCUT2D eigenvalue weighted by atomic mass is 10.2. The van der Waals surface area contributed by atoms with Crippen molar-refractivity contribution in [2.75, 3.05) is 12.8 Å². The first-order valence-electron chi connectivity index (χ1n) is 5.83. The van der Waals surface area contributed by atoms with Gasteiger partial charge >= 0.3 is 0 Å². The van der Waals surface area contributed by atoms with Crippen LogP contribution in [-0.4, -0.2) is 24.8 Å². The number of benzene rings is 1. The fraction of sp³-hybridized carbons (Fsp3) is 0.154. The highest BCUT2D eigenvalue weighted by Gasteiger charge is 2.24. The van der Waals surface area contributed by atoms with Gasteiger partial charge in [-0.1, -0.05) is 34.1 Å². The Kier molecular flexibility index (Phi) is 4.42. The molecule has 0 aliphatic rings. The summed E-state index contributed by atoms with van der Waals surface area (Å²) >= 11 is 3.40. The van der Waals surface area contributed by atoms with E-state index in [1.807, 2.05) is 24.3 Å². The summed E-state index contributed by atoms with van der Waals surface area (Å²) in [6.45, 7) is 0.248. The Hall–Kier alpha value is -1.44. The molecule has 2 N–H and O–H groups in total. The number of rotatable bonds is 4. The minimum absolute atomic E-state index is 0.00600. The number of aromatic nitrogens is 1. The fourth-order valence-corrected chi connectivity index (χ4v) is 3.36. The average molecular weight is 356 g/mol. The first kappa shape index (κ1) is 15.0. The Bertz CT molecular complexity index is 719. The molecule has 7 heteroatoms. The highest BCUT2D eigenvalue weighted by molar-refractivity contribution is 9.10. The zero-order chi connectivity index (χ0) is 14.8. The van der Waals surface area contributed by atoms with E-state index in [9.17, 15) is 8.42 Å². The summed E-state index contributed by atoms with van der Waals surface area (Å²) in [4.78, 5) is 3.84. The Morgan fingerprint density at radius 2 is 1.95 bits per heavy atom. The Morgan fingerprint density at radius 3 is 2.60 bits per heavy atom. The lowest BCUT2D eigenvalue weighted by molar-refractivity contribution is 0.466. The van der Waals surface area contributed by atoms with E-state index in [2.05, 4.69) is 20.9 Å². The molecule has 0 aliphatic heterocycles. The topological polar surface area (TPSA) is 76.3 Å². The van der Waals surface area contributed by atoms with E-state index in [0.717, 1.165) is 10.0 Å². The summed E-state index contributed by atoms with van der Waals surface area (Å²) in [6, 6.07) is 10.5. The van der Waals surface area contributed by atoms with Crippen molar-refractivity contribution in [2.45, 2.75) is 11.4 Å². The van der Waals surface area contributed by atoms with Crippen LogP contribution < -0.4 is 5.73 Å². The molecule has 0 saturated heterocycles. The van der Waals surface area contributed by atoms with Crippen molar-refractivity contribution in [1.29, 1.82) is 0 Å². The molecular formula is C13H14BrN3O2S. The number of nitrogens with zero attached hydrogens (tertiary/aromatic N) is 2. The van der Waals surface area contributed by atoms with Crippen LogP contribution in [0.4, 0.5) is 5.82 Å². The SMILES string of the molecule is CN(Cc1ccccc1Br)S(=O)(=O)c1cccnc1N. The van der Waals surface area contributed by atoms with Crippen molar-refractivity contribution < 1.29 is 8.42 Å². The maximum absolute atomic E-state index is 12.5. The number of hydrogen-bond donors (Lipinski definition) is 1. The zero-order valence-electron chi connectivity index (χ0n) is 10.8. The van der Waals surface area contributed by atoms with Gasteiger partial charge in [0.2, 0.25) is 10.0 Å². The lowest BCUT2D eigenvalue weighted by Gasteiger charge is -2.18. The van der Waals surface area contributed by atoms with Crippen LogP contribution in [0.2, 0.25) is 0 Å². The van der Waals surface area contributed by atoms with Crippen LogP contribution >= 0.6 is 15.9 Å². The van der Waals surface area contributed by atoms with Gasteiger partial charge in [-0.05, 0) is 23.8 Å². The standard InChI is InChI=1S/C13H14BrN3O2S/c1-17(9-10-5-2-3-6-11(10)14)20(18,19)12-7-4-8-16-13(12)15/h2-8H,9H2,1H3,(H2,15,16). The molecule has 0 radical (unpaired) electrons. The second kappa shape index (κ2) is 5.90. The number of pyridine rings is 1. The first-order valence-corrected chi connectivity index (χ1v) is 8.06. The summed E-state index contributed by atoms with van der Waals surface area (Å²) in [6.07, 6.45) is 1.46. The fourth-order valence-electron chi connectivity index (χ4n) is 1.74. The summed E-state index contributed by atoms with van der Waals surface area (Å²) in [7, 11) is -2.14. The summed E-state index contributed by atoms with van der Waals surface area (Å²) < 4.78 is 27.0. The summed E-state index contributed by atoms with van der Waals surface area (Å²) in [5.74, 6) is 0.00600. The van der Waals surface area contributed by atoms with E-state index in [1.165, 1.54) is 23.6 Å².